The predicted molar refractivity (Wildman–Crippen MR) is 63.8 cm³/mol. The highest BCUT2D eigenvalue weighted by atomic mass is 16.5. The minimum absolute atomic E-state index is 0.226. The number of methoxy groups -OCH3 is 1. The Morgan fingerprint density at radius 1 is 1.35 bits per heavy atom. The van der Waals surface area contributed by atoms with Crippen molar-refractivity contribution in [2.45, 2.75) is 19.3 Å². The number of aromatic nitrogens is 2. The molecule has 0 unspecified atom stereocenters. The van der Waals surface area contributed by atoms with Gasteiger partial charge >= 0.3 is 0 Å². The number of carbonyl (C=O) groups excluding carboxylic acids is 1. The molecule has 0 aromatic carbocycles. The highest BCUT2D eigenvalue weighted by molar-refractivity contribution is 5.78. The standard InChI is InChI=1S/C12H20N2O3/c1-14-11(5-7-13-14)3-4-12(15)6-8-17-10-9-16-2/h5,7H,3-4,6,8-10H2,1-2H3. The second-order valence-corrected chi connectivity index (χ2v) is 3.84. The second kappa shape index (κ2) is 7.97. The summed E-state index contributed by atoms with van der Waals surface area (Å²) >= 11 is 0. The molecule has 0 spiro atoms. The van der Waals surface area contributed by atoms with Crippen LogP contribution in [0.5, 0.6) is 0 Å². The molecule has 5 heteroatoms. The Hall–Kier alpha value is -1.20. The van der Waals surface area contributed by atoms with Gasteiger partial charge in [0.05, 0.1) is 19.8 Å². The first-order valence-corrected chi connectivity index (χ1v) is 5.79. The topological polar surface area (TPSA) is 53.4 Å². The molecule has 0 aliphatic heterocycles. The Kier molecular flexibility index (Phi) is 6.50. The van der Waals surface area contributed by atoms with Gasteiger partial charge in [0.2, 0.25) is 0 Å². The molecule has 1 rings (SSSR count). The van der Waals surface area contributed by atoms with Crippen molar-refractivity contribution in [3.05, 3.63) is 18.0 Å². The highest BCUT2D eigenvalue weighted by Crippen LogP contribution is 2.02. The molecule has 0 aliphatic rings. The Morgan fingerprint density at radius 2 is 2.18 bits per heavy atom. The molecule has 96 valence electrons. The van der Waals surface area contributed by atoms with Gasteiger partial charge in [-0.25, -0.2) is 0 Å². The van der Waals surface area contributed by atoms with Crippen LogP contribution in [0.25, 0.3) is 0 Å². The molecule has 0 atom stereocenters. The molecule has 1 aromatic rings. The quantitative estimate of drug-likeness (QED) is 0.604. The first-order valence-electron chi connectivity index (χ1n) is 5.79. The van der Waals surface area contributed by atoms with Crippen molar-refractivity contribution in [3.8, 4) is 0 Å². The van der Waals surface area contributed by atoms with Gasteiger partial charge in [-0.2, -0.15) is 5.10 Å². The third-order valence-corrected chi connectivity index (χ3v) is 2.54. The van der Waals surface area contributed by atoms with Crippen molar-refractivity contribution in [2.75, 3.05) is 26.9 Å². The Bertz CT molecular complexity index is 336. The number of rotatable bonds is 9. The van der Waals surface area contributed by atoms with Crippen LogP contribution >= 0.6 is 0 Å². The van der Waals surface area contributed by atoms with E-state index in [1.165, 1.54) is 0 Å². The molecule has 1 heterocycles. The average molecular weight is 240 g/mol. The zero-order valence-corrected chi connectivity index (χ0v) is 10.5. The van der Waals surface area contributed by atoms with Crippen molar-refractivity contribution < 1.29 is 14.3 Å². The van der Waals surface area contributed by atoms with E-state index < -0.39 is 0 Å². The summed E-state index contributed by atoms with van der Waals surface area (Å²) < 4.78 is 11.9. The van der Waals surface area contributed by atoms with Gasteiger partial charge < -0.3 is 9.47 Å². The summed E-state index contributed by atoms with van der Waals surface area (Å²) in [6.45, 7) is 1.60. The monoisotopic (exact) mass is 240 g/mol. The molecule has 17 heavy (non-hydrogen) atoms. The molecule has 1 aromatic heterocycles. The number of nitrogens with zero attached hydrogens (tertiary/aromatic N) is 2. The Balaban J connectivity index is 2.07. The van der Waals surface area contributed by atoms with Crippen molar-refractivity contribution >= 4 is 5.78 Å². The molecule has 0 aliphatic carbocycles. The Labute approximate surface area is 102 Å². The van der Waals surface area contributed by atoms with Crippen LogP contribution in [0.1, 0.15) is 18.5 Å². The van der Waals surface area contributed by atoms with E-state index in [9.17, 15) is 4.79 Å². The highest BCUT2D eigenvalue weighted by Gasteiger charge is 2.05. The number of aryl methyl sites for hydroxylation is 2. The fraction of sp³-hybridized carbons (Fsp3) is 0.667. The summed E-state index contributed by atoms with van der Waals surface area (Å²) in [5, 5.41) is 4.06. The summed E-state index contributed by atoms with van der Waals surface area (Å²) in [4.78, 5) is 11.5. The van der Waals surface area contributed by atoms with Gasteiger partial charge in [-0.05, 0) is 12.5 Å². The number of Topliss-reactive ketones (excluding diaryl/α,β-unsaturated/α-hetero) is 1. The predicted octanol–water partition coefficient (Wildman–Crippen LogP) is 0.975. The van der Waals surface area contributed by atoms with E-state index in [4.69, 9.17) is 9.47 Å². The van der Waals surface area contributed by atoms with E-state index in [1.807, 2.05) is 13.1 Å². The first-order chi connectivity index (χ1) is 8.24. The average Bonchev–Trinajstić information content (AvgIpc) is 2.72. The molecule has 0 bridgehead atoms. The Morgan fingerprint density at radius 3 is 2.82 bits per heavy atom. The molecule has 0 fully saturated rings. The van der Waals surface area contributed by atoms with Crippen molar-refractivity contribution in [2.24, 2.45) is 7.05 Å². The summed E-state index contributed by atoms with van der Waals surface area (Å²) in [7, 11) is 3.51. The largest absolute Gasteiger partial charge is 0.382 e. The van der Waals surface area contributed by atoms with E-state index in [0.29, 0.717) is 32.7 Å². The van der Waals surface area contributed by atoms with E-state index in [0.717, 1.165) is 12.1 Å². The van der Waals surface area contributed by atoms with E-state index >= 15 is 0 Å². The van der Waals surface area contributed by atoms with Gasteiger partial charge in [0.1, 0.15) is 5.78 Å². The van der Waals surface area contributed by atoms with Gasteiger partial charge in [-0.3, -0.25) is 9.48 Å². The van der Waals surface area contributed by atoms with Crippen LogP contribution < -0.4 is 0 Å². The SMILES string of the molecule is COCCOCCC(=O)CCc1ccnn1C. The molecule has 5 nitrogen and oxygen atoms in total. The van der Waals surface area contributed by atoms with Crippen LogP contribution in [-0.2, 0) is 27.7 Å². The zero-order chi connectivity index (χ0) is 12.5. The summed E-state index contributed by atoms with van der Waals surface area (Å²) in [6, 6.07) is 1.93. The van der Waals surface area contributed by atoms with Gasteiger partial charge in [0, 0.05) is 38.9 Å². The fourth-order valence-corrected chi connectivity index (χ4v) is 1.47. The van der Waals surface area contributed by atoms with Gasteiger partial charge in [-0.1, -0.05) is 0 Å². The summed E-state index contributed by atoms with van der Waals surface area (Å²) in [6.07, 6.45) is 3.51. The van der Waals surface area contributed by atoms with E-state index in [1.54, 1.807) is 18.0 Å². The number of hydrogen-bond acceptors (Lipinski definition) is 4. The minimum Gasteiger partial charge on any atom is -0.382 e. The molecule has 0 N–H and O–H groups in total. The van der Waals surface area contributed by atoms with Crippen molar-refractivity contribution in [1.82, 2.24) is 9.78 Å². The summed E-state index contributed by atoms with van der Waals surface area (Å²) in [5.41, 5.74) is 1.08. The molecule has 0 saturated carbocycles. The number of carbonyl (C=O) groups is 1. The first kappa shape index (κ1) is 13.9. The van der Waals surface area contributed by atoms with Crippen LogP contribution in [0.2, 0.25) is 0 Å². The van der Waals surface area contributed by atoms with Crippen LogP contribution in [0.4, 0.5) is 0 Å². The lowest BCUT2D eigenvalue weighted by Crippen LogP contribution is -2.09. The normalized spacial score (nSPS) is 10.7. The third kappa shape index (κ3) is 5.60. The van der Waals surface area contributed by atoms with Crippen LogP contribution in [0.3, 0.4) is 0 Å². The maximum Gasteiger partial charge on any atom is 0.135 e. The second-order valence-electron chi connectivity index (χ2n) is 3.84. The number of hydrogen-bond donors (Lipinski definition) is 0. The maximum atomic E-state index is 11.5. The zero-order valence-electron chi connectivity index (χ0n) is 10.5. The molecular weight excluding hydrogens is 220 g/mol. The van der Waals surface area contributed by atoms with Crippen molar-refractivity contribution in [3.63, 3.8) is 0 Å². The maximum absolute atomic E-state index is 11.5. The van der Waals surface area contributed by atoms with Crippen LogP contribution in [0, 0.1) is 0 Å². The van der Waals surface area contributed by atoms with Crippen LogP contribution in [-0.4, -0.2) is 42.5 Å². The molecular formula is C12H20N2O3. The number of ether oxygens (including phenoxy) is 2. The van der Waals surface area contributed by atoms with E-state index in [-0.39, 0.29) is 5.78 Å². The van der Waals surface area contributed by atoms with Crippen molar-refractivity contribution in [1.29, 1.82) is 0 Å². The lowest BCUT2D eigenvalue weighted by molar-refractivity contribution is -0.120. The fourth-order valence-electron chi connectivity index (χ4n) is 1.47. The van der Waals surface area contributed by atoms with E-state index in [2.05, 4.69) is 5.10 Å². The van der Waals surface area contributed by atoms with Gasteiger partial charge in [0.15, 0.2) is 0 Å². The third-order valence-electron chi connectivity index (χ3n) is 2.54. The molecule has 0 saturated heterocycles. The van der Waals surface area contributed by atoms with Gasteiger partial charge in [0.25, 0.3) is 0 Å². The summed E-state index contributed by atoms with van der Waals surface area (Å²) in [5.74, 6) is 0.226. The van der Waals surface area contributed by atoms with Gasteiger partial charge in [-0.15, -0.1) is 0 Å². The lowest BCUT2D eigenvalue weighted by Gasteiger charge is -2.03. The minimum atomic E-state index is 0.226. The molecule has 0 radical (unpaired) electrons. The lowest BCUT2D eigenvalue weighted by atomic mass is 10.1. The molecule has 0 amide bonds. The van der Waals surface area contributed by atoms with Crippen LogP contribution in [0.15, 0.2) is 12.3 Å². The smallest absolute Gasteiger partial charge is 0.135 e. The number of ketones is 1.